The van der Waals surface area contributed by atoms with Gasteiger partial charge in [0.1, 0.15) is 0 Å². The number of hydrogen-bond acceptors (Lipinski definition) is 3. The topological polar surface area (TPSA) is 36.3 Å². The zero-order valence-electron chi connectivity index (χ0n) is 7.96. The van der Waals surface area contributed by atoms with E-state index >= 15 is 0 Å². The van der Waals surface area contributed by atoms with Crippen LogP contribution in [0.4, 0.5) is 0 Å². The molecule has 2 aliphatic rings. The Morgan fingerprint density at radius 1 is 1.31 bits per heavy atom. The van der Waals surface area contributed by atoms with Crippen molar-refractivity contribution in [3.8, 4) is 6.07 Å². The van der Waals surface area contributed by atoms with Crippen molar-refractivity contribution in [1.82, 2.24) is 4.90 Å². The van der Waals surface area contributed by atoms with Crippen LogP contribution in [0.5, 0.6) is 0 Å². The van der Waals surface area contributed by atoms with Crippen molar-refractivity contribution in [2.75, 3.05) is 32.8 Å². The summed E-state index contributed by atoms with van der Waals surface area (Å²) in [6.45, 7) is 4.94. The van der Waals surface area contributed by atoms with Gasteiger partial charge in [-0.15, -0.1) is 0 Å². The molecule has 1 aliphatic heterocycles. The van der Waals surface area contributed by atoms with E-state index in [1.165, 1.54) is 12.8 Å². The molecule has 0 aromatic rings. The van der Waals surface area contributed by atoms with Gasteiger partial charge in [0.25, 0.3) is 0 Å². The summed E-state index contributed by atoms with van der Waals surface area (Å²) in [6, 6.07) is 2.30. The van der Waals surface area contributed by atoms with Crippen LogP contribution in [-0.2, 0) is 4.74 Å². The summed E-state index contributed by atoms with van der Waals surface area (Å²) in [5.74, 6) is 0. The maximum absolute atomic E-state index is 8.68. The van der Waals surface area contributed by atoms with Gasteiger partial charge >= 0.3 is 0 Å². The minimum absolute atomic E-state index is 0.367. The fourth-order valence-electron chi connectivity index (χ4n) is 1.97. The largest absolute Gasteiger partial charge is 0.379 e. The lowest BCUT2D eigenvalue weighted by molar-refractivity contribution is 0.0287. The number of morpholine rings is 1. The third-order valence-electron chi connectivity index (χ3n) is 3.07. The quantitative estimate of drug-likeness (QED) is 0.650. The Hall–Kier alpha value is -0.590. The van der Waals surface area contributed by atoms with E-state index < -0.39 is 0 Å². The molecule has 2 rings (SSSR count). The molecule has 0 amide bonds. The van der Waals surface area contributed by atoms with E-state index in [9.17, 15) is 0 Å². The van der Waals surface area contributed by atoms with Gasteiger partial charge in [0.15, 0.2) is 0 Å². The van der Waals surface area contributed by atoms with Gasteiger partial charge in [0, 0.05) is 26.1 Å². The molecule has 1 saturated carbocycles. The predicted octanol–water partition coefficient (Wildman–Crippen LogP) is 1.01. The molecule has 0 atom stereocenters. The van der Waals surface area contributed by atoms with Crippen LogP contribution in [0, 0.1) is 16.7 Å². The number of hydrogen-bond donors (Lipinski definition) is 0. The molecule has 0 aromatic carbocycles. The maximum Gasteiger partial charge on any atom is 0.0628 e. The van der Waals surface area contributed by atoms with Gasteiger partial charge in [0.2, 0.25) is 0 Å². The van der Waals surface area contributed by atoms with Crippen LogP contribution < -0.4 is 0 Å². The molecular formula is C10H16N2O. The average molecular weight is 180 g/mol. The molecule has 1 aliphatic carbocycles. The molecule has 3 nitrogen and oxygen atoms in total. The predicted molar refractivity (Wildman–Crippen MR) is 49.2 cm³/mol. The third-order valence-corrected chi connectivity index (χ3v) is 3.07. The first kappa shape index (κ1) is 8.98. The van der Waals surface area contributed by atoms with Crippen molar-refractivity contribution >= 4 is 0 Å². The average Bonchev–Trinajstić information content (AvgIpc) is 2.87. The van der Waals surface area contributed by atoms with Crippen LogP contribution in [0.25, 0.3) is 0 Å². The molecule has 1 saturated heterocycles. The lowest BCUT2D eigenvalue weighted by Gasteiger charge is -2.29. The van der Waals surface area contributed by atoms with Crippen molar-refractivity contribution in [1.29, 1.82) is 5.26 Å². The summed E-state index contributed by atoms with van der Waals surface area (Å²) >= 11 is 0. The Morgan fingerprint density at radius 3 is 2.54 bits per heavy atom. The zero-order valence-corrected chi connectivity index (χ0v) is 7.96. The van der Waals surface area contributed by atoms with E-state index in [1.54, 1.807) is 0 Å². The molecule has 0 aromatic heterocycles. The summed E-state index contributed by atoms with van der Waals surface area (Å²) in [4.78, 5) is 2.44. The van der Waals surface area contributed by atoms with Crippen LogP contribution in [0.1, 0.15) is 19.3 Å². The number of nitriles is 1. The van der Waals surface area contributed by atoms with Crippen molar-refractivity contribution in [3.05, 3.63) is 0 Å². The molecule has 3 heteroatoms. The highest BCUT2D eigenvalue weighted by Gasteiger charge is 2.43. The second kappa shape index (κ2) is 3.65. The zero-order chi connectivity index (χ0) is 9.15. The molecule has 0 bridgehead atoms. The lowest BCUT2D eigenvalue weighted by atomic mass is 10.0. The first-order chi connectivity index (χ1) is 6.35. The molecular weight excluding hydrogens is 164 g/mol. The molecule has 72 valence electrons. The van der Waals surface area contributed by atoms with E-state index in [4.69, 9.17) is 10.00 Å². The van der Waals surface area contributed by atoms with Gasteiger partial charge in [-0.2, -0.15) is 5.26 Å². The Bertz CT molecular complexity index is 211. The SMILES string of the molecule is N#CCC1(CN2CCOCC2)CC1. The van der Waals surface area contributed by atoms with Crippen LogP contribution >= 0.6 is 0 Å². The highest BCUT2D eigenvalue weighted by Crippen LogP contribution is 2.49. The molecule has 1 heterocycles. The Kier molecular flexibility index (Phi) is 2.52. The van der Waals surface area contributed by atoms with E-state index in [0.717, 1.165) is 39.3 Å². The second-order valence-electron chi connectivity index (χ2n) is 4.22. The Balaban J connectivity index is 1.80. The summed E-state index contributed by atoms with van der Waals surface area (Å²) in [5.41, 5.74) is 0.367. The number of ether oxygens (including phenoxy) is 1. The monoisotopic (exact) mass is 180 g/mol. The van der Waals surface area contributed by atoms with Gasteiger partial charge in [-0.05, 0) is 18.3 Å². The van der Waals surface area contributed by atoms with Crippen molar-refractivity contribution in [3.63, 3.8) is 0 Å². The normalized spacial score (nSPS) is 26.7. The maximum atomic E-state index is 8.68. The van der Waals surface area contributed by atoms with Crippen LogP contribution in [-0.4, -0.2) is 37.7 Å². The van der Waals surface area contributed by atoms with Gasteiger partial charge < -0.3 is 4.74 Å². The summed E-state index contributed by atoms with van der Waals surface area (Å²) in [5, 5.41) is 8.68. The van der Waals surface area contributed by atoms with E-state index in [0.29, 0.717) is 5.41 Å². The molecule has 0 spiro atoms. The van der Waals surface area contributed by atoms with E-state index in [-0.39, 0.29) is 0 Å². The standard InChI is InChI=1S/C10H16N2O/c11-4-3-10(1-2-10)9-12-5-7-13-8-6-12/h1-3,5-9H2. The van der Waals surface area contributed by atoms with Gasteiger partial charge in [-0.25, -0.2) is 0 Å². The fraction of sp³-hybridized carbons (Fsp3) is 0.900. The van der Waals surface area contributed by atoms with Gasteiger partial charge in [-0.3, -0.25) is 4.90 Å². The first-order valence-electron chi connectivity index (χ1n) is 5.02. The van der Waals surface area contributed by atoms with Gasteiger partial charge in [0.05, 0.1) is 19.3 Å². The van der Waals surface area contributed by atoms with Crippen molar-refractivity contribution in [2.24, 2.45) is 5.41 Å². The first-order valence-corrected chi connectivity index (χ1v) is 5.02. The highest BCUT2D eigenvalue weighted by molar-refractivity contribution is 5.01. The highest BCUT2D eigenvalue weighted by atomic mass is 16.5. The molecule has 0 unspecified atom stereocenters. The Morgan fingerprint density at radius 2 is 2.00 bits per heavy atom. The summed E-state index contributed by atoms with van der Waals surface area (Å²) < 4.78 is 5.29. The van der Waals surface area contributed by atoms with Crippen LogP contribution in [0.2, 0.25) is 0 Å². The van der Waals surface area contributed by atoms with Crippen LogP contribution in [0.3, 0.4) is 0 Å². The molecule has 2 fully saturated rings. The van der Waals surface area contributed by atoms with E-state index in [1.807, 2.05) is 0 Å². The van der Waals surface area contributed by atoms with Crippen molar-refractivity contribution in [2.45, 2.75) is 19.3 Å². The third kappa shape index (κ3) is 2.20. The number of nitrogens with zero attached hydrogens (tertiary/aromatic N) is 2. The van der Waals surface area contributed by atoms with E-state index in [2.05, 4.69) is 11.0 Å². The minimum atomic E-state index is 0.367. The Labute approximate surface area is 79.3 Å². The molecule has 13 heavy (non-hydrogen) atoms. The second-order valence-corrected chi connectivity index (χ2v) is 4.22. The molecule has 0 radical (unpaired) electrons. The molecule has 0 N–H and O–H groups in total. The lowest BCUT2D eigenvalue weighted by Crippen LogP contribution is -2.39. The summed E-state index contributed by atoms with van der Waals surface area (Å²) in [6.07, 6.45) is 3.24. The summed E-state index contributed by atoms with van der Waals surface area (Å²) in [7, 11) is 0. The number of rotatable bonds is 3. The van der Waals surface area contributed by atoms with Gasteiger partial charge in [-0.1, -0.05) is 0 Å². The van der Waals surface area contributed by atoms with Crippen molar-refractivity contribution < 1.29 is 4.74 Å². The minimum Gasteiger partial charge on any atom is -0.379 e. The smallest absolute Gasteiger partial charge is 0.0628 e. The fourth-order valence-corrected chi connectivity index (χ4v) is 1.97. The van der Waals surface area contributed by atoms with Crippen LogP contribution in [0.15, 0.2) is 0 Å².